The third-order valence-corrected chi connectivity index (χ3v) is 3.03. The zero-order chi connectivity index (χ0) is 16.7. The molecule has 0 aliphatic rings. The minimum Gasteiger partial charge on any atom is -0.465 e. The van der Waals surface area contributed by atoms with Crippen molar-refractivity contribution in [2.45, 2.75) is 19.9 Å². The highest BCUT2D eigenvalue weighted by Gasteiger charge is 2.17. The Balaban J connectivity index is 0.00000484. The van der Waals surface area contributed by atoms with E-state index in [1.165, 1.54) is 19.2 Å². The molecule has 128 valence electrons. The van der Waals surface area contributed by atoms with Gasteiger partial charge in [0.1, 0.15) is 0 Å². The molecule has 0 aliphatic carbocycles. The van der Waals surface area contributed by atoms with E-state index in [-0.39, 0.29) is 36.7 Å². The highest BCUT2D eigenvalue weighted by molar-refractivity contribution is 5.96. The van der Waals surface area contributed by atoms with E-state index in [1.807, 2.05) is 13.8 Å². The molecular weight excluding hydrogens is 322 g/mol. The summed E-state index contributed by atoms with van der Waals surface area (Å²) in [5.74, 6) is -1.21. The minimum absolute atomic E-state index is 0. The van der Waals surface area contributed by atoms with Gasteiger partial charge in [-0.05, 0) is 30.2 Å². The normalized spacial score (nSPS) is 11.2. The Morgan fingerprint density at radius 1 is 1.17 bits per heavy atom. The number of halogens is 1. The Hall–Kier alpha value is -2.12. The molecule has 4 N–H and O–H groups in total. The number of hydrogen-bond acceptors (Lipinski definition) is 5. The summed E-state index contributed by atoms with van der Waals surface area (Å²) in [5, 5.41) is 5.08. The molecule has 0 bridgehead atoms. The van der Waals surface area contributed by atoms with Crippen LogP contribution in [-0.4, -0.2) is 37.5 Å². The van der Waals surface area contributed by atoms with Gasteiger partial charge in [-0.15, -0.1) is 12.4 Å². The summed E-state index contributed by atoms with van der Waals surface area (Å²) in [6.45, 7) is 3.48. The van der Waals surface area contributed by atoms with Crippen molar-refractivity contribution in [3.8, 4) is 0 Å². The molecule has 1 aromatic carbocycles. The third kappa shape index (κ3) is 6.66. The first-order valence-corrected chi connectivity index (χ1v) is 6.86. The maximum atomic E-state index is 11.7. The second-order valence-corrected chi connectivity index (χ2v) is 5.10. The highest BCUT2D eigenvalue weighted by atomic mass is 35.5. The van der Waals surface area contributed by atoms with Gasteiger partial charge < -0.3 is 21.1 Å². The second kappa shape index (κ2) is 9.81. The molecule has 1 atom stereocenters. The molecule has 0 spiro atoms. The van der Waals surface area contributed by atoms with Crippen molar-refractivity contribution in [2.24, 2.45) is 11.7 Å². The van der Waals surface area contributed by atoms with E-state index in [2.05, 4.69) is 15.4 Å². The molecule has 2 amide bonds. The van der Waals surface area contributed by atoms with Crippen LogP contribution in [0.2, 0.25) is 0 Å². The standard InChI is InChI=1S/C15H21N3O4.ClH/c1-9(2)13(16)14(20)17-8-12(19)18-11-6-4-10(5-7-11)15(21)22-3;/h4-7,9,13H,8,16H2,1-3H3,(H,17,20)(H,18,19);1H/t13-;/m0./s1. The summed E-state index contributed by atoms with van der Waals surface area (Å²) in [6.07, 6.45) is 0. The smallest absolute Gasteiger partial charge is 0.337 e. The number of nitrogens with two attached hydrogens (primary N) is 1. The van der Waals surface area contributed by atoms with Gasteiger partial charge in [-0.1, -0.05) is 13.8 Å². The van der Waals surface area contributed by atoms with Crippen LogP contribution >= 0.6 is 12.4 Å². The first-order valence-electron chi connectivity index (χ1n) is 6.86. The first kappa shape index (κ1) is 20.9. The Morgan fingerprint density at radius 3 is 2.22 bits per heavy atom. The number of methoxy groups -OCH3 is 1. The first-order chi connectivity index (χ1) is 10.3. The fourth-order valence-corrected chi connectivity index (χ4v) is 1.60. The maximum Gasteiger partial charge on any atom is 0.337 e. The number of ether oxygens (including phenoxy) is 1. The van der Waals surface area contributed by atoms with E-state index in [0.29, 0.717) is 11.3 Å². The van der Waals surface area contributed by atoms with Crippen molar-refractivity contribution < 1.29 is 19.1 Å². The number of carbonyl (C=O) groups excluding carboxylic acids is 3. The lowest BCUT2D eigenvalue weighted by atomic mass is 10.1. The average molecular weight is 344 g/mol. The number of nitrogens with one attached hydrogen (secondary N) is 2. The van der Waals surface area contributed by atoms with Gasteiger partial charge in [0.25, 0.3) is 0 Å². The zero-order valence-corrected chi connectivity index (χ0v) is 14.1. The number of rotatable bonds is 6. The maximum absolute atomic E-state index is 11.7. The second-order valence-electron chi connectivity index (χ2n) is 5.10. The number of benzene rings is 1. The van der Waals surface area contributed by atoms with Crippen LogP contribution in [0.3, 0.4) is 0 Å². The summed E-state index contributed by atoms with van der Waals surface area (Å²) in [7, 11) is 1.29. The molecule has 0 saturated heterocycles. The van der Waals surface area contributed by atoms with E-state index >= 15 is 0 Å². The van der Waals surface area contributed by atoms with E-state index in [1.54, 1.807) is 12.1 Å². The van der Waals surface area contributed by atoms with E-state index in [9.17, 15) is 14.4 Å². The predicted molar refractivity (Wildman–Crippen MR) is 89.5 cm³/mol. The van der Waals surface area contributed by atoms with Crippen LogP contribution in [0, 0.1) is 5.92 Å². The van der Waals surface area contributed by atoms with Crippen LogP contribution < -0.4 is 16.4 Å². The van der Waals surface area contributed by atoms with Gasteiger partial charge in [-0.3, -0.25) is 9.59 Å². The van der Waals surface area contributed by atoms with Crippen molar-refractivity contribution in [3.63, 3.8) is 0 Å². The number of esters is 1. The fraction of sp³-hybridized carbons (Fsp3) is 0.400. The molecule has 0 aliphatic heterocycles. The summed E-state index contributed by atoms with van der Waals surface area (Å²) in [4.78, 5) is 34.6. The molecule has 0 unspecified atom stereocenters. The molecule has 1 aromatic rings. The van der Waals surface area contributed by atoms with Crippen molar-refractivity contribution in [3.05, 3.63) is 29.8 Å². The summed E-state index contributed by atoms with van der Waals surface area (Å²) < 4.78 is 4.58. The molecule has 23 heavy (non-hydrogen) atoms. The molecule has 0 fully saturated rings. The Bertz CT molecular complexity index is 546. The van der Waals surface area contributed by atoms with Crippen LogP contribution in [0.1, 0.15) is 24.2 Å². The molecule has 1 rings (SSSR count). The molecule has 7 nitrogen and oxygen atoms in total. The summed E-state index contributed by atoms with van der Waals surface area (Å²) in [6, 6.07) is 5.58. The van der Waals surface area contributed by atoms with Gasteiger partial charge in [-0.2, -0.15) is 0 Å². The number of hydrogen-bond donors (Lipinski definition) is 3. The lowest BCUT2D eigenvalue weighted by Crippen LogP contribution is -2.46. The Labute approximate surface area is 141 Å². The van der Waals surface area contributed by atoms with E-state index in [0.717, 1.165) is 0 Å². The SMILES string of the molecule is COC(=O)c1ccc(NC(=O)CNC(=O)[C@@H](N)C(C)C)cc1.Cl. The zero-order valence-electron chi connectivity index (χ0n) is 13.3. The van der Waals surface area contributed by atoms with Crippen molar-refractivity contribution >= 4 is 35.9 Å². The lowest BCUT2D eigenvalue weighted by molar-refractivity contribution is -0.125. The number of amides is 2. The lowest BCUT2D eigenvalue weighted by Gasteiger charge is -2.15. The van der Waals surface area contributed by atoms with Crippen molar-refractivity contribution in [1.29, 1.82) is 0 Å². The van der Waals surface area contributed by atoms with Crippen molar-refractivity contribution in [2.75, 3.05) is 19.0 Å². The van der Waals surface area contributed by atoms with Gasteiger partial charge in [0.2, 0.25) is 11.8 Å². The predicted octanol–water partition coefficient (Wildman–Crippen LogP) is 0.933. The van der Waals surface area contributed by atoms with Crippen molar-refractivity contribution in [1.82, 2.24) is 5.32 Å². The summed E-state index contributed by atoms with van der Waals surface area (Å²) in [5.41, 5.74) is 6.57. The third-order valence-electron chi connectivity index (χ3n) is 3.03. The Kier molecular flexibility index (Phi) is 8.90. The molecule has 0 aromatic heterocycles. The monoisotopic (exact) mass is 343 g/mol. The van der Waals surface area contributed by atoms with Crippen LogP contribution in [0.15, 0.2) is 24.3 Å². The topological polar surface area (TPSA) is 111 Å². The van der Waals surface area contributed by atoms with Crippen LogP contribution in [0.5, 0.6) is 0 Å². The van der Waals surface area contributed by atoms with Crippen LogP contribution in [0.25, 0.3) is 0 Å². The Morgan fingerprint density at radius 2 is 1.74 bits per heavy atom. The quantitative estimate of drug-likeness (QED) is 0.665. The van der Waals surface area contributed by atoms with E-state index in [4.69, 9.17) is 5.73 Å². The number of anilines is 1. The van der Waals surface area contributed by atoms with Gasteiger partial charge in [-0.25, -0.2) is 4.79 Å². The van der Waals surface area contributed by atoms with Gasteiger partial charge >= 0.3 is 5.97 Å². The van der Waals surface area contributed by atoms with Gasteiger partial charge in [0, 0.05) is 5.69 Å². The van der Waals surface area contributed by atoms with E-state index < -0.39 is 12.0 Å². The molecule has 0 radical (unpaired) electrons. The minimum atomic E-state index is -0.646. The van der Waals surface area contributed by atoms with Crippen LogP contribution in [-0.2, 0) is 14.3 Å². The number of carbonyl (C=O) groups is 3. The van der Waals surface area contributed by atoms with Gasteiger partial charge in [0.15, 0.2) is 0 Å². The molecular formula is C15H22ClN3O4. The fourth-order valence-electron chi connectivity index (χ4n) is 1.60. The largest absolute Gasteiger partial charge is 0.465 e. The molecule has 8 heteroatoms. The van der Waals surface area contributed by atoms with Gasteiger partial charge in [0.05, 0.1) is 25.3 Å². The molecule has 0 heterocycles. The summed E-state index contributed by atoms with van der Waals surface area (Å²) >= 11 is 0. The molecule has 0 saturated carbocycles. The highest BCUT2D eigenvalue weighted by Crippen LogP contribution is 2.10. The average Bonchev–Trinajstić information content (AvgIpc) is 2.51. The van der Waals surface area contributed by atoms with Crippen LogP contribution in [0.4, 0.5) is 5.69 Å².